The topological polar surface area (TPSA) is 61.4 Å². The van der Waals surface area contributed by atoms with Crippen molar-refractivity contribution in [1.82, 2.24) is 5.32 Å². The van der Waals surface area contributed by atoms with Crippen LogP contribution in [-0.2, 0) is 4.79 Å². The Bertz CT molecular complexity index is 384. The average Bonchev–Trinajstić information content (AvgIpc) is 2.30. The van der Waals surface area contributed by atoms with E-state index in [1.807, 2.05) is 5.48 Å². The Hall–Kier alpha value is -0.100. The molecule has 0 heterocycles. The molecule has 1 rings (SSSR count). The minimum absolute atomic E-state index is 0.0428. The van der Waals surface area contributed by atoms with E-state index in [4.69, 9.17) is 63.2 Å². The standard InChI is InChI=1S/C6H5Cl2NO.C3H4Cl3NO/c7-5-2-1-4(9-10)3-6(5)8;4-3(5,6)1-7-2-8/h1-3,9-10H;2H,1H2,(H,7,8). The predicted octanol–water partition coefficient (Wildman–Crippen LogP) is 3.90. The quantitative estimate of drug-likeness (QED) is 0.438. The van der Waals surface area contributed by atoms with Gasteiger partial charge in [-0.1, -0.05) is 58.0 Å². The van der Waals surface area contributed by atoms with Crippen molar-refractivity contribution in [3.05, 3.63) is 28.2 Å². The van der Waals surface area contributed by atoms with E-state index in [-0.39, 0.29) is 6.54 Å². The SMILES string of the molecule is O=CNCC(Cl)(Cl)Cl.ONc1ccc(Cl)c(Cl)c1. The molecule has 0 atom stereocenters. The van der Waals surface area contributed by atoms with Gasteiger partial charge in [0.15, 0.2) is 0 Å². The van der Waals surface area contributed by atoms with Crippen LogP contribution in [0, 0.1) is 0 Å². The zero-order chi connectivity index (χ0) is 14.2. The van der Waals surface area contributed by atoms with E-state index in [0.29, 0.717) is 22.1 Å². The van der Waals surface area contributed by atoms with Gasteiger partial charge in [0.25, 0.3) is 0 Å². The van der Waals surface area contributed by atoms with Gasteiger partial charge in [0.05, 0.1) is 22.3 Å². The molecule has 0 aliphatic rings. The Labute approximate surface area is 129 Å². The molecular weight excluding hydrogens is 345 g/mol. The molecule has 3 N–H and O–H groups in total. The summed E-state index contributed by atoms with van der Waals surface area (Å²) in [6.45, 7) is 0.0428. The van der Waals surface area contributed by atoms with Gasteiger partial charge in [0, 0.05) is 0 Å². The van der Waals surface area contributed by atoms with Crippen LogP contribution in [0.25, 0.3) is 0 Å². The zero-order valence-electron chi connectivity index (χ0n) is 8.76. The van der Waals surface area contributed by atoms with Crippen LogP contribution in [0.3, 0.4) is 0 Å². The highest BCUT2D eigenvalue weighted by Crippen LogP contribution is 2.24. The van der Waals surface area contributed by atoms with Gasteiger partial charge in [-0.25, -0.2) is 0 Å². The van der Waals surface area contributed by atoms with Crippen LogP contribution in [-0.4, -0.2) is 22.0 Å². The van der Waals surface area contributed by atoms with Gasteiger partial charge in [-0.15, -0.1) is 0 Å². The molecule has 102 valence electrons. The van der Waals surface area contributed by atoms with Crippen molar-refractivity contribution in [3.63, 3.8) is 0 Å². The van der Waals surface area contributed by atoms with Crippen LogP contribution in [0.1, 0.15) is 0 Å². The summed E-state index contributed by atoms with van der Waals surface area (Å²) in [4.78, 5) is 9.56. The molecule has 18 heavy (non-hydrogen) atoms. The van der Waals surface area contributed by atoms with E-state index in [0.717, 1.165) is 0 Å². The Morgan fingerprint density at radius 2 is 1.83 bits per heavy atom. The molecule has 0 saturated heterocycles. The molecule has 4 nitrogen and oxygen atoms in total. The third-order valence-corrected chi connectivity index (χ3v) is 2.57. The molecule has 0 bridgehead atoms. The second-order valence-electron chi connectivity index (χ2n) is 2.85. The van der Waals surface area contributed by atoms with E-state index < -0.39 is 3.79 Å². The van der Waals surface area contributed by atoms with Crippen molar-refractivity contribution in [2.45, 2.75) is 3.79 Å². The maximum absolute atomic E-state index is 9.56. The molecule has 0 radical (unpaired) electrons. The molecule has 1 aromatic rings. The fourth-order valence-electron chi connectivity index (χ4n) is 0.723. The number of halogens is 5. The summed E-state index contributed by atoms with van der Waals surface area (Å²) in [7, 11) is 0. The molecule has 1 amide bonds. The summed E-state index contributed by atoms with van der Waals surface area (Å²) >= 11 is 26.9. The first-order valence-electron chi connectivity index (χ1n) is 4.39. The summed E-state index contributed by atoms with van der Waals surface area (Å²) < 4.78 is -1.37. The fourth-order valence-corrected chi connectivity index (χ4v) is 1.25. The minimum atomic E-state index is -1.37. The lowest BCUT2D eigenvalue weighted by molar-refractivity contribution is -0.109. The number of alkyl halides is 3. The maximum Gasteiger partial charge on any atom is 0.207 e. The molecule has 0 fully saturated rings. The van der Waals surface area contributed by atoms with E-state index in [1.54, 1.807) is 12.1 Å². The smallest absolute Gasteiger partial charge is 0.207 e. The number of hydrogen-bond donors (Lipinski definition) is 3. The Balaban J connectivity index is 0.000000331. The van der Waals surface area contributed by atoms with Gasteiger partial charge in [0.1, 0.15) is 0 Å². The van der Waals surface area contributed by atoms with Crippen molar-refractivity contribution in [2.24, 2.45) is 0 Å². The maximum atomic E-state index is 9.56. The van der Waals surface area contributed by atoms with E-state index in [2.05, 4.69) is 5.32 Å². The lowest BCUT2D eigenvalue weighted by Crippen LogP contribution is -2.24. The second kappa shape index (κ2) is 8.91. The molecule has 0 spiro atoms. The lowest BCUT2D eigenvalue weighted by Gasteiger charge is -2.07. The molecule has 1 aromatic carbocycles. The number of amides is 1. The predicted molar refractivity (Wildman–Crippen MR) is 76.2 cm³/mol. The molecule has 0 unspecified atom stereocenters. The van der Waals surface area contributed by atoms with E-state index in [1.165, 1.54) is 6.07 Å². The van der Waals surface area contributed by atoms with E-state index in [9.17, 15) is 4.79 Å². The summed E-state index contributed by atoms with van der Waals surface area (Å²) in [6.07, 6.45) is 0.474. The third kappa shape index (κ3) is 8.91. The van der Waals surface area contributed by atoms with Gasteiger partial charge in [-0.05, 0) is 18.2 Å². The summed E-state index contributed by atoms with van der Waals surface area (Å²) in [5, 5.41) is 11.5. The number of carbonyl (C=O) groups excluding carboxylic acids is 1. The minimum Gasteiger partial charge on any atom is -0.354 e. The Morgan fingerprint density at radius 3 is 2.17 bits per heavy atom. The molecule has 9 heteroatoms. The number of benzene rings is 1. The third-order valence-electron chi connectivity index (χ3n) is 1.43. The normalized spacial score (nSPS) is 10.1. The zero-order valence-corrected chi connectivity index (χ0v) is 12.5. The first-order valence-corrected chi connectivity index (χ1v) is 6.28. The van der Waals surface area contributed by atoms with Crippen molar-refractivity contribution in [3.8, 4) is 0 Å². The van der Waals surface area contributed by atoms with Crippen LogP contribution in [0.4, 0.5) is 5.69 Å². The number of nitrogens with one attached hydrogen (secondary N) is 2. The highest BCUT2D eigenvalue weighted by atomic mass is 35.6. The van der Waals surface area contributed by atoms with Crippen molar-refractivity contribution >= 4 is 70.1 Å². The number of rotatable bonds is 3. The van der Waals surface area contributed by atoms with Gasteiger partial charge in [-0.2, -0.15) is 0 Å². The molecule has 0 saturated carbocycles. The summed E-state index contributed by atoms with van der Waals surface area (Å²) in [5.41, 5.74) is 2.47. The first-order chi connectivity index (χ1) is 8.30. The van der Waals surface area contributed by atoms with E-state index >= 15 is 0 Å². The van der Waals surface area contributed by atoms with Crippen LogP contribution >= 0.6 is 58.0 Å². The van der Waals surface area contributed by atoms with Crippen LogP contribution < -0.4 is 10.8 Å². The van der Waals surface area contributed by atoms with Crippen LogP contribution in [0.2, 0.25) is 10.0 Å². The van der Waals surface area contributed by atoms with Gasteiger partial charge in [0.2, 0.25) is 10.2 Å². The highest BCUT2D eigenvalue weighted by Gasteiger charge is 2.17. The number of hydrogen-bond acceptors (Lipinski definition) is 3. The summed E-state index contributed by atoms with van der Waals surface area (Å²) in [5.74, 6) is 0. The Morgan fingerprint density at radius 1 is 1.22 bits per heavy atom. The highest BCUT2D eigenvalue weighted by molar-refractivity contribution is 6.67. The molecular formula is C9H9Cl5N2O2. The second-order valence-corrected chi connectivity index (χ2v) is 6.19. The molecule has 0 aliphatic heterocycles. The van der Waals surface area contributed by atoms with Gasteiger partial charge >= 0.3 is 0 Å². The number of anilines is 1. The fraction of sp³-hybridized carbons (Fsp3) is 0.222. The largest absolute Gasteiger partial charge is 0.354 e. The Kier molecular flexibility index (Phi) is 8.86. The van der Waals surface area contributed by atoms with Crippen LogP contribution in [0.15, 0.2) is 18.2 Å². The van der Waals surface area contributed by atoms with Gasteiger partial charge < -0.3 is 5.32 Å². The summed E-state index contributed by atoms with van der Waals surface area (Å²) in [6, 6.07) is 4.75. The molecule has 0 aliphatic carbocycles. The number of carbonyl (C=O) groups is 1. The van der Waals surface area contributed by atoms with Crippen molar-refractivity contribution in [1.29, 1.82) is 0 Å². The van der Waals surface area contributed by atoms with Gasteiger partial charge in [-0.3, -0.25) is 15.5 Å². The average molecular weight is 354 g/mol. The van der Waals surface area contributed by atoms with Crippen molar-refractivity contribution < 1.29 is 10.0 Å². The first kappa shape index (κ1) is 17.9. The monoisotopic (exact) mass is 352 g/mol. The lowest BCUT2D eigenvalue weighted by atomic mass is 10.3. The van der Waals surface area contributed by atoms with Crippen LogP contribution in [0.5, 0.6) is 0 Å². The van der Waals surface area contributed by atoms with Crippen molar-refractivity contribution in [2.75, 3.05) is 12.0 Å². The molecule has 0 aromatic heterocycles.